The first-order valence-corrected chi connectivity index (χ1v) is 34.8. The minimum Gasteiger partial charge on any atom is -0.456 e. The van der Waals surface area contributed by atoms with Crippen molar-refractivity contribution in [2.24, 2.45) is 0 Å². The maximum atomic E-state index is 13.6. The Morgan fingerprint density at radius 3 is 1.17 bits per heavy atom. The Morgan fingerprint density at radius 1 is 0.429 bits per heavy atom. The summed E-state index contributed by atoms with van der Waals surface area (Å²) in [6.45, 7) is 6.71. The number of esters is 1. The Kier molecular flexibility index (Phi) is 58.5. The van der Waals surface area contributed by atoms with Gasteiger partial charge in [0.25, 0.3) is 0 Å². The molecule has 0 radical (unpaired) electrons. The maximum Gasteiger partial charge on any atom is 0.472 e. The van der Waals surface area contributed by atoms with E-state index in [0.717, 1.165) is 128 Å². The lowest BCUT2D eigenvalue weighted by Gasteiger charge is -2.27. The van der Waals surface area contributed by atoms with Crippen molar-refractivity contribution in [3.8, 4) is 0 Å². The molecule has 1 amide bonds. The van der Waals surface area contributed by atoms with Crippen molar-refractivity contribution in [2.45, 2.75) is 258 Å². The average molecular weight is 1180 g/mol. The second-order valence-electron chi connectivity index (χ2n) is 22.9. The number of carbonyl (C=O) groups excluding carboxylic acids is 2. The number of ether oxygens (including phenoxy) is 1. The summed E-state index contributed by atoms with van der Waals surface area (Å²) in [5.41, 5.74) is 0. The third kappa shape index (κ3) is 62.2. The number of allylic oxidation sites excluding steroid dienone is 25. The summed E-state index contributed by atoms with van der Waals surface area (Å²) in [5.74, 6) is -0.624. The maximum absolute atomic E-state index is 13.6. The van der Waals surface area contributed by atoms with Gasteiger partial charge in [-0.2, -0.15) is 0 Å². The van der Waals surface area contributed by atoms with Crippen LogP contribution in [0.4, 0.5) is 0 Å². The second-order valence-corrected chi connectivity index (χ2v) is 24.3. The molecule has 0 aliphatic heterocycles. The lowest BCUT2D eigenvalue weighted by Crippen LogP contribution is -2.47. The number of phosphoric ester groups is 1. The molecule has 2 N–H and O–H groups in total. The molecular weight excluding hydrogens is 1060 g/mol. The quantitative estimate of drug-likeness (QED) is 0.0205. The van der Waals surface area contributed by atoms with Gasteiger partial charge in [0, 0.05) is 12.8 Å². The Labute approximate surface area is 516 Å². The third-order valence-electron chi connectivity index (χ3n) is 13.7. The number of likely N-dealkylation sites (N-methyl/N-ethyl adjacent to an activating group) is 1. The number of phosphoric acid groups is 1. The van der Waals surface area contributed by atoms with E-state index in [1.54, 1.807) is 0 Å². The van der Waals surface area contributed by atoms with Gasteiger partial charge in [-0.25, -0.2) is 4.57 Å². The smallest absolute Gasteiger partial charge is 0.456 e. The highest BCUT2D eigenvalue weighted by atomic mass is 31.2. The molecule has 0 spiro atoms. The average Bonchev–Trinajstić information content (AvgIpc) is 3.64. The van der Waals surface area contributed by atoms with Gasteiger partial charge in [0.15, 0.2) is 0 Å². The predicted molar refractivity (Wildman–Crippen MR) is 364 cm³/mol. The first-order valence-electron chi connectivity index (χ1n) is 33.3. The van der Waals surface area contributed by atoms with Gasteiger partial charge in [-0.05, 0) is 122 Å². The molecule has 0 saturated heterocycles. The van der Waals surface area contributed by atoms with Crippen LogP contribution in [0.1, 0.15) is 245 Å². The summed E-state index contributed by atoms with van der Waals surface area (Å²) < 4.78 is 30.7. The lowest BCUT2D eigenvalue weighted by molar-refractivity contribution is -0.870. The van der Waals surface area contributed by atoms with E-state index >= 15 is 0 Å². The number of nitrogens with one attached hydrogen (secondary N) is 1. The van der Waals surface area contributed by atoms with Crippen molar-refractivity contribution in [3.05, 3.63) is 158 Å². The van der Waals surface area contributed by atoms with Crippen LogP contribution >= 0.6 is 7.82 Å². The van der Waals surface area contributed by atoms with Gasteiger partial charge < -0.3 is 19.4 Å². The van der Waals surface area contributed by atoms with Crippen LogP contribution in [0.5, 0.6) is 0 Å². The standard InChI is InChI=1S/C74H123N2O7P/c1-7-10-13-16-19-22-25-28-30-32-34-35-36-37-38-39-40-41-43-44-46-48-51-54-57-60-63-66-73(77)75-71(70-82-84(79,80)81-69-68-76(4,5)6)72(65-62-59-56-53-50-27-24-21-18-15-12-9-3)83-74(78)67-64-61-58-55-52-49-47-45-42-33-31-29-26-23-20-17-14-11-8-2/h10-11,13-14,19-20,22-23,28-31,34-35,37-38,40-42,45,49,52,58,61-62,65,71-72H,7-9,12,15-18,21,24-27,32-33,36,39,43-44,46-48,50-51,53-57,59-60,63-64,66-70H2,1-6H3,(H-,75,77,79,80)/p+1/b13-10-,14-11-,22-19-,23-20-,30-28-,31-29-,35-34-,38-37-,41-40-,45-42-,52-49-,61-58-,65-62-. The fourth-order valence-electron chi connectivity index (χ4n) is 8.67. The number of rotatable bonds is 58. The molecule has 0 aromatic heterocycles. The van der Waals surface area contributed by atoms with Crippen LogP contribution in [-0.4, -0.2) is 74.3 Å². The van der Waals surface area contributed by atoms with E-state index in [9.17, 15) is 19.0 Å². The first-order chi connectivity index (χ1) is 40.9. The van der Waals surface area contributed by atoms with E-state index in [4.69, 9.17) is 13.8 Å². The molecule has 0 aliphatic carbocycles. The van der Waals surface area contributed by atoms with Crippen LogP contribution in [0.2, 0.25) is 0 Å². The number of carbonyl (C=O) groups is 2. The van der Waals surface area contributed by atoms with Crippen molar-refractivity contribution in [3.63, 3.8) is 0 Å². The zero-order chi connectivity index (χ0) is 61.4. The highest BCUT2D eigenvalue weighted by Crippen LogP contribution is 2.43. The highest BCUT2D eigenvalue weighted by Gasteiger charge is 2.30. The molecule has 9 nitrogen and oxygen atoms in total. The molecule has 0 aliphatic rings. The number of nitrogens with zero attached hydrogens (tertiary/aromatic N) is 1. The molecule has 0 bridgehead atoms. The highest BCUT2D eigenvalue weighted by molar-refractivity contribution is 7.47. The van der Waals surface area contributed by atoms with Crippen molar-refractivity contribution >= 4 is 19.7 Å². The molecule has 84 heavy (non-hydrogen) atoms. The summed E-state index contributed by atoms with van der Waals surface area (Å²) in [6, 6.07) is -0.897. The minimum atomic E-state index is -4.48. The van der Waals surface area contributed by atoms with E-state index < -0.39 is 25.9 Å². The van der Waals surface area contributed by atoms with E-state index in [0.29, 0.717) is 23.9 Å². The van der Waals surface area contributed by atoms with Crippen LogP contribution in [0.15, 0.2) is 158 Å². The number of quaternary nitrogens is 1. The van der Waals surface area contributed by atoms with Crippen molar-refractivity contribution < 1.29 is 37.3 Å². The Balaban J connectivity index is 5.26. The number of hydrogen-bond acceptors (Lipinski definition) is 6. The Morgan fingerprint density at radius 2 is 0.774 bits per heavy atom. The zero-order valence-corrected chi connectivity index (χ0v) is 55.2. The van der Waals surface area contributed by atoms with Crippen molar-refractivity contribution in [2.75, 3.05) is 40.9 Å². The van der Waals surface area contributed by atoms with Gasteiger partial charge in [-0.3, -0.25) is 18.6 Å². The fraction of sp³-hybridized carbons (Fsp3) is 0.622. The molecule has 0 aromatic carbocycles. The van der Waals surface area contributed by atoms with Crippen LogP contribution in [-0.2, 0) is 27.9 Å². The molecule has 0 rings (SSSR count). The van der Waals surface area contributed by atoms with Gasteiger partial charge in [-0.1, -0.05) is 269 Å². The number of unbranched alkanes of at least 4 members (excludes halogenated alkanes) is 18. The summed E-state index contributed by atoms with van der Waals surface area (Å²) in [5, 5.41) is 3.03. The monoisotopic (exact) mass is 1180 g/mol. The molecular formula is C74H124N2O7P+. The SMILES string of the molecule is CC/C=C\C/C=C\C/C=C\C/C=C\C/C=C\C/C=C\CCCCCCCCCCC(=O)NC(COP(=O)(O)OCC[N+](C)(C)C)C(/C=C\CCCCCCCCCCCC)OC(=O)CC/C=C\C/C=C\C/C=C\C/C=C\C/C=C\C/C=C\CC. The minimum absolute atomic E-state index is 0.0183. The van der Waals surface area contributed by atoms with Gasteiger partial charge in [0.1, 0.15) is 19.3 Å². The van der Waals surface area contributed by atoms with E-state index in [2.05, 4.69) is 166 Å². The number of hydrogen-bond donors (Lipinski definition) is 2. The van der Waals surface area contributed by atoms with Crippen molar-refractivity contribution in [1.29, 1.82) is 0 Å². The van der Waals surface area contributed by atoms with Crippen LogP contribution in [0, 0.1) is 0 Å². The molecule has 0 heterocycles. The van der Waals surface area contributed by atoms with Crippen LogP contribution in [0.3, 0.4) is 0 Å². The summed E-state index contributed by atoms with van der Waals surface area (Å²) in [6.07, 6.45) is 91.2. The first kappa shape index (κ1) is 79.6. The normalized spacial score (nSPS) is 14.6. The zero-order valence-electron chi connectivity index (χ0n) is 54.3. The topological polar surface area (TPSA) is 111 Å². The molecule has 0 saturated carbocycles. The second kappa shape index (κ2) is 61.7. The summed E-state index contributed by atoms with van der Waals surface area (Å²) >= 11 is 0. The van der Waals surface area contributed by atoms with E-state index in [1.165, 1.54) is 77.0 Å². The van der Waals surface area contributed by atoms with Gasteiger partial charge >= 0.3 is 13.8 Å². The van der Waals surface area contributed by atoms with Crippen molar-refractivity contribution in [1.82, 2.24) is 5.32 Å². The molecule has 10 heteroatoms. The van der Waals surface area contributed by atoms with E-state index in [-0.39, 0.29) is 25.5 Å². The molecule has 476 valence electrons. The lowest BCUT2D eigenvalue weighted by atomic mass is 10.0. The fourth-order valence-corrected chi connectivity index (χ4v) is 9.41. The number of amides is 1. The molecule has 0 fully saturated rings. The molecule has 0 aromatic rings. The van der Waals surface area contributed by atoms with E-state index in [1.807, 2.05) is 39.4 Å². The van der Waals surface area contributed by atoms with Gasteiger partial charge in [0.05, 0.1) is 33.8 Å². The summed E-state index contributed by atoms with van der Waals surface area (Å²) in [7, 11) is 1.43. The molecule has 3 unspecified atom stereocenters. The summed E-state index contributed by atoms with van der Waals surface area (Å²) in [4.78, 5) is 37.8. The van der Waals surface area contributed by atoms with Crippen LogP contribution < -0.4 is 5.32 Å². The third-order valence-corrected chi connectivity index (χ3v) is 14.7. The van der Waals surface area contributed by atoms with Gasteiger partial charge in [0.2, 0.25) is 5.91 Å². The Hall–Kier alpha value is -4.37. The van der Waals surface area contributed by atoms with Crippen LogP contribution in [0.25, 0.3) is 0 Å². The molecule has 3 atom stereocenters. The predicted octanol–water partition coefficient (Wildman–Crippen LogP) is 21.2. The Bertz CT molecular complexity index is 1990. The largest absolute Gasteiger partial charge is 0.472 e. The van der Waals surface area contributed by atoms with Gasteiger partial charge in [-0.15, -0.1) is 0 Å².